The third-order valence-corrected chi connectivity index (χ3v) is 2.93. The number of nitrogens with zero attached hydrogens (tertiary/aromatic N) is 4. The zero-order chi connectivity index (χ0) is 13.3. The molecular weight excluding hydrogens is 212 g/mol. The molecule has 1 heterocycles. The Kier molecular flexibility index (Phi) is 3.58. The van der Waals surface area contributed by atoms with Crippen LogP contribution in [0.1, 0.15) is 41.5 Å². The minimum absolute atomic E-state index is 0.0800. The van der Waals surface area contributed by atoms with Crippen molar-refractivity contribution in [3.05, 3.63) is 33.9 Å². The van der Waals surface area contributed by atoms with E-state index in [1.165, 1.54) is 11.1 Å². The Morgan fingerprint density at radius 2 is 1.76 bits per heavy atom. The van der Waals surface area contributed by atoms with Crippen LogP contribution >= 0.6 is 0 Å². The summed E-state index contributed by atoms with van der Waals surface area (Å²) in [6, 6.07) is 0. The summed E-state index contributed by atoms with van der Waals surface area (Å²) in [5.74, 6) is 0. The minimum Gasteiger partial charge on any atom is -0.216 e. The van der Waals surface area contributed by atoms with Gasteiger partial charge in [0.25, 0.3) is 0 Å². The SMILES string of the molecule is CC(C)(C)C1=C(C(C)(C)C)CN(N=[N+]=[N-])C=C1. The molecule has 94 valence electrons. The van der Waals surface area contributed by atoms with E-state index in [0.717, 1.165) is 0 Å². The lowest BCUT2D eigenvalue weighted by Crippen LogP contribution is -2.29. The largest absolute Gasteiger partial charge is 0.216 e. The monoisotopic (exact) mass is 234 g/mol. The Hall–Kier alpha value is -1.41. The predicted molar refractivity (Wildman–Crippen MR) is 70.9 cm³/mol. The van der Waals surface area contributed by atoms with Crippen LogP contribution in [0.3, 0.4) is 0 Å². The van der Waals surface area contributed by atoms with Crippen LogP contribution < -0.4 is 0 Å². The predicted octanol–water partition coefficient (Wildman–Crippen LogP) is 4.43. The Morgan fingerprint density at radius 1 is 1.18 bits per heavy atom. The molecule has 0 saturated heterocycles. The molecule has 0 aromatic carbocycles. The van der Waals surface area contributed by atoms with Crippen molar-refractivity contribution in [1.29, 1.82) is 0 Å². The molecule has 0 aromatic rings. The van der Waals surface area contributed by atoms with E-state index in [1.807, 2.05) is 6.20 Å². The van der Waals surface area contributed by atoms with Gasteiger partial charge in [-0.15, -0.1) is 5.53 Å². The van der Waals surface area contributed by atoms with Crippen molar-refractivity contribution in [2.45, 2.75) is 41.5 Å². The highest BCUT2D eigenvalue weighted by Crippen LogP contribution is 2.39. The number of hydrogen-bond donors (Lipinski definition) is 0. The van der Waals surface area contributed by atoms with E-state index in [9.17, 15) is 0 Å². The first-order valence-corrected chi connectivity index (χ1v) is 5.90. The van der Waals surface area contributed by atoms with E-state index in [4.69, 9.17) is 5.53 Å². The molecule has 0 atom stereocenters. The van der Waals surface area contributed by atoms with E-state index >= 15 is 0 Å². The van der Waals surface area contributed by atoms with Gasteiger partial charge in [0.05, 0.1) is 6.20 Å². The van der Waals surface area contributed by atoms with Gasteiger partial charge in [-0.25, -0.2) is 5.01 Å². The third kappa shape index (κ3) is 3.27. The molecule has 4 nitrogen and oxygen atoms in total. The lowest BCUT2D eigenvalue weighted by atomic mass is 9.74. The van der Waals surface area contributed by atoms with E-state index in [0.29, 0.717) is 6.54 Å². The molecule has 1 rings (SSSR count). The summed E-state index contributed by atoms with van der Waals surface area (Å²) >= 11 is 0. The van der Waals surface area contributed by atoms with Crippen molar-refractivity contribution < 1.29 is 0 Å². The average molecular weight is 234 g/mol. The third-order valence-electron chi connectivity index (χ3n) is 2.93. The molecule has 4 heteroatoms. The van der Waals surface area contributed by atoms with Crippen molar-refractivity contribution >= 4 is 0 Å². The quantitative estimate of drug-likeness (QED) is 0.376. The number of hydrogen-bond acceptors (Lipinski definition) is 1. The number of azide groups is 1. The van der Waals surface area contributed by atoms with Crippen LogP contribution in [0.2, 0.25) is 0 Å². The van der Waals surface area contributed by atoms with Crippen molar-refractivity contribution in [3.63, 3.8) is 0 Å². The topological polar surface area (TPSA) is 52.0 Å². The Bertz CT molecular complexity index is 398. The average Bonchev–Trinajstić information content (AvgIpc) is 2.15. The Balaban J connectivity index is 3.22. The second-order valence-electron chi connectivity index (χ2n) is 6.48. The van der Waals surface area contributed by atoms with Gasteiger partial charge in [0.15, 0.2) is 0 Å². The number of allylic oxidation sites excluding steroid dienone is 2. The molecule has 17 heavy (non-hydrogen) atoms. The smallest absolute Gasteiger partial charge is 0.116 e. The maximum atomic E-state index is 8.50. The van der Waals surface area contributed by atoms with Crippen molar-refractivity contribution in [2.75, 3.05) is 6.54 Å². The van der Waals surface area contributed by atoms with E-state index in [2.05, 4.69) is 57.8 Å². The molecule has 0 aromatic heterocycles. The summed E-state index contributed by atoms with van der Waals surface area (Å²) in [6.45, 7) is 13.9. The molecule has 0 radical (unpaired) electrons. The van der Waals surface area contributed by atoms with Gasteiger partial charge in [0.2, 0.25) is 0 Å². The van der Waals surface area contributed by atoms with Crippen LogP contribution in [0, 0.1) is 10.8 Å². The minimum atomic E-state index is 0.0800. The summed E-state index contributed by atoms with van der Waals surface area (Å²) < 4.78 is 0. The zero-order valence-corrected chi connectivity index (χ0v) is 11.7. The highest BCUT2D eigenvalue weighted by atomic mass is 15.5. The molecule has 0 N–H and O–H groups in total. The summed E-state index contributed by atoms with van der Waals surface area (Å²) in [7, 11) is 0. The Labute approximate surface area is 104 Å². The standard InChI is InChI=1S/C13H22N4/c1-12(2,3)10-7-8-17(16-15-14)9-11(10)13(4,5)6/h7-8H,9H2,1-6H3. The van der Waals surface area contributed by atoms with Gasteiger partial charge >= 0.3 is 0 Å². The molecule has 1 aliphatic heterocycles. The maximum absolute atomic E-state index is 8.50. The van der Waals surface area contributed by atoms with Crippen molar-refractivity contribution in [1.82, 2.24) is 5.01 Å². The maximum Gasteiger partial charge on any atom is 0.116 e. The van der Waals surface area contributed by atoms with Gasteiger partial charge in [0.1, 0.15) is 6.54 Å². The molecule has 1 aliphatic rings. The first kappa shape index (κ1) is 13.7. The van der Waals surface area contributed by atoms with Gasteiger partial charge in [-0.3, -0.25) is 0 Å². The second kappa shape index (κ2) is 4.46. The fourth-order valence-corrected chi connectivity index (χ4v) is 2.02. The summed E-state index contributed by atoms with van der Waals surface area (Å²) in [6.07, 6.45) is 3.92. The normalized spacial score (nSPS) is 17.2. The molecule has 0 saturated carbocycles. The van der Waals surface area contributed by atoms with Crippen LogP contribution in [0.5, 0.6) is 0 Å². The van der Waals surface area contributed by atoms with Gasteiger partial charge in [-0.2, -0.15) is 4.91 Å². The van der Waals surface area contributed by atoms with E-state index in [-0.39, 0.29) is 10.8 Å². The molecular formula is C13H22N4. The van der Waals surface area contributed by atoms with Gasteiger partial charge in [0, 0.05) is 0 Å². The first-order chi connectivity index (χ1) is 7.66. The first-order valence-electron chi connectivity index (χ1n) is 5.90. The summed E-state index contributed by atoms with van der Waals surface area (Å²) in [5, 5.41) is 5.31. The Morgan fingerprint density at radius 3 is 2.18 bits per heavy atom. The fraction of sp³-hybridized carbons (Fsp3) is 0.692. The highest BCUT2D eigenvalue weighted by Gasteiger charge is 2.31. The van der Waals surface area contributed by atoms with Crippen LogP contribution in [-0.2, 0) is 0 Å². The molecule has 0 unspecified atom stereocenters. The van der Waals surface area contributed by atoms with E-state index in [1.54, 1.807) is 5.01 Å². The van der Waals surface area contributed by atoms with Crippen LogP contribution in [0.4, 0.5) is 0 Å². The van der Waals surface area contributed by atoms with Crippen molar-refractivity contribution in [3.8, 4) is 0 Å². The zero-order valence-electron chi connectivity index (χ0n) is 11.7. The van der Waals surface area contributed by atoms with Crippen LogP contribution in [-0.4, -0.2) is 11.6 Å². The van der Waals surface area contributed by atoms with E-state index < -0.39 is 0 Å². The summed E-state index contributed by atoms with van der Waals surface area (Å²) in [5.41, 5.74) is 11.4. The molecule has 0 spiro atoms. The van der Waals surface area contributed by atoms with Gasteiger partial charge < -0.3 is 0 Å². The second-order valence-corrected chi connectivity index (χ2v) is 6.48. The van der Waals surface area contributed by atoms with Gasteiger partial charge in [-0.1, -0.05) is 41.5 Å². The van der Waals surface area contributed by atoms with Crippen molar-refractivity contribution in [2.24, 2.45) is 16.1 Å². The molecule has 0 bridgehead atoms. The summed E-state index contributed by atoms with van der Waals surface area (Å²) in [4.78, 5) is 2.84. The molecule has 0 fully saturated rings. The molecule has 0 amide bonds. The van der Waals surface area contributed by atoms with Crippen LogP contribution in [0.25, 0.3) is 10.4 Å². The lowest BCUT2D eigenvalue weighted by molar-refractivity contribution is 0.348. The van der Waals surface area contributed by atoms with Gasteiger partial charge in [-0.05, 0) is 33.3 Å². The fourth-order valence-electron chi connectivity index (χ4n) is 2.02. The lowest BCUT2D eigenvalue weighted by Gasteiger charge is -2.34. The molecule has 0 aliphatic carbocycles. The van der Waals surface area contributed by atoms with Crippen LogP contribution in [0.15, 0.2) is 28.6 Å². The number of rotatable bonds is 1. The highest BCUT2D eigenvalue weighted by molar-refractivity contribution is 5.37.